The number of amides is 1. The van der Waals surface area contributed by atoms with E-state index in [0.717, 1.165) is 6.07 Å². The highest BCUT2D eigenvalue weighted by Crippen LogP contribution is 2.21. The van der Waals surface area contributed by atoms with Gasteiger partial charge in [0.15, 0.2) is 0 Å². The van der Waals surface area contributed by atoms with Crippen molar-refractivity contribution in [2.75, 3.05) is 5.32 Å². The topological polar surface area (TPSA) is 49.3 Å². The van der Waals surface area contributed by atoms with Gasteiger partial charge in [-0.3, -0.25) is 4.79 Å². The standard InChI is InChI=1S/C14H11ClFNO2/c1-8-6-10(18)3-5-13(8)17-14(19)9-2-4-11(15)12(16)7-9/h2-7,18H,1H3,(H,17,19). The molecule has 0 bridgehead atoms. The Morgan fingerprint density at radius 1 is 1.26 bits per heavy atom. The largest absolute Gasteiger partial charge is 0.508 e. The molecule has 0 atom stereocenters. The van der Waals surface area contributed by atoms with E-state index in [1.807, 2.05) is 0 Å². The third-order valence-corrected chi connectivity index (χ3v) is 2.95. The number of rotatable bonds is 2. The molecule has 19 heavy (non-hydrogen) atoms. The molecule has 2 aromatic carbocycles. The van der Waals surface area contributed by atoms with E-state index in [9.17, 15) is 14.3 Å². The van der Waals surface area contributed by atoms with Crippen molar-refractivity contribution in [3.63, 3.8) is 0 Å². The molecule has 0 saturated carbocycles. The normalized spacial score (nSPS) is 10.3. The van der Waals surface area contributed by atoms with Gasteiger partial charge in [-0.25, -0.2) is 4.39 Å². The monoisotopic (exact) mass is 279 g/mol. The quantitative estimate of drug-likeness (QED) is 0.823. The van der Waals surface area contributed by atoms with Gasteiger partial charge in [-0.05, 0) is 48.9 Å². The van der Waals surface area contributed by atoms with Crippen LogP contribution in [0.25, 0.3) is 0 Å². The van der Waals surface area contributed by atoms with Gasteiger partial charge < -0.3 is 10.4 Å². The van der Waals surface area contributed by atoms with Gasteiger partial charge in [-0.15, -0.1) is 0 Å². The van der Waals surface area contributed by atoms with E-state index in [2.05, 4.69) is 5.32 Å². The molecule has 0 aliphatic heterocycles. The van der Waals surface area contributed by atoms with Crippen LogP contribution < -0.4 is 5.32 Å². The number of nitrogens with one attached hydrogen (secondary N) is 1. The van der Waals surface area contributed by atoms with Gasteiger partial charge in [0.1, 0.15) is 11.6 Å². The van der Waals surface area contributed by atoms with Gasteiger partial charge in [0.2, 0.25) is 0 Å². The Balaban J connectivity index is 2.23. The van der Waals surface area contributed by atoms with E-state index in [1.54, 1.807) is 13.0 Å². The number of halogens is 2. The maximum Gasteiger partial charge on any atom is 0.255 e. The zero-order chi connectivity index (χ0) is 14.0. The van der Waals surface area contributed by atoms with Crippen LogP contribution in [0.3, 0.4) is 0 Å². The minimum absolute atomic E-state index is 0.0302. The van der Waals surface area contributed by atoms with Crippen molar-refractivity contribution < 1.29 is 14.3 Å². The number of anilines is 1. The summed E-state index contributed by atoms with van der Waals surface area (Å²) in [5.41, 5.74) is 1.44. The predicted octanol–water partition coefficient (Wildman–Crippen LogP) is 3.75. The molecule has 1 amide bonds. The van der Waals surface area contributed by atoms with Crippen molar-refractivity contribution in [3.05, 3.63) is 58.4 Å². The van der Waals surface area contributed by atoms with Crippen molar-refractivity contribution >= 4 is 23.2 Å². The Morgan fingerprint density at radius 2 is 2.00 bits per heavy atom. The summed E-state index contributed by atoms with van der Waals surface area (Å²) in [6.45, 7) is 1.75. The van der Waals surface area contributed by atoms with E-state index in [-0.39, 0.29) is 16.3 Å². The zero-order valence-electron chi connectivity index (χ0n) is 10.1. The second-order valence-corrected chi connectivity index (χ2v) is 4.49. The van der Waals surface area contributed by atoms with Gasteiger partial charge in [0, 0.05) is 11.3 Å². The number of phenols is 1. The van der Waals surface area contributed by atoms with Crippen LogP contribution in [-0.4, -0.2) is 11.0 Å². The lowest BCUT2D eigenvalue weighted by Gasteiger charge is -2.09. The van der Waals surface area contributed by atoms with E-state index in [4.69, 9.17) is 11.6 Å². The first-order chi connectivity index (χ1) is 8.97. The van der Waals surface area contributed by atoms with Crippen LogP contribution in [0.5, 0.6) is 5.75 Å². The van der Waals surface area contributed by atoms with Gasteiger partial charge in [-0.2, -0.15) is 0 Å². The Bertz CT molecular complexity index is 643. The highest BCUT2D eigenvalue weighted by atomic mass is 35.5. The van der Waals surface area contributed by atoms with Gasteiger partial charge in [0.25, 0.3) is 5.91 Å². The summed E-state index contributed by atoms with van der Waals surface area (Å²) < 4.78 is 13.3. The lowest BCUT2D eigenvalue weighted by Crippen LogP contribution is -2.12. The fourth-order valence-electron chi connectivity index (χ4n) is 1.62. The summed E-state index contributed by atoms with van der Waals surface area (Å²) in [5.74, 6) is -0.964. The number of hydrogen-bond acceptors (Lipinski definition) is 2. The predicted molar refractivity (Wildman–Crippen MR) is 72.2 cm³/mol. The van der Waals surface area contributed by atoms with Gasteiger partial charge in [-0.1, -0.05) is 11.6 Å². The minimum atomic E-state index is -0.642. The lowest BCUT2D eigenvalue weighted by atomic mass is 10.1. The molecule has 2 rings (SSSR count). The van der Waals surface area contributed by atoms with Crippen LogP contribution in [0.15, 0.2) is 36.4 Å². The van der Waals surface area contributed by atoms with Crippen LogP contribution >= 0.6 is 11.6 Å². The maximum absolute atomic E-state index is 13.3. The minimum Gasteiger partial charge on any atom is -0.508 e. The molecule has 0 fully saturated rings. The van der Waals surface area contributed by atoms with Crippen molar-refractivity contribution in [2.45, 2.75) is 6.92 Å². The summed E-state index contributed by atoms with van der Waals surface area (Å²) >= 11 is 5.55. The van der Waals surface area contributed by atoms with E-state index < -0.39 is 11.7 Å². The number of carbonyl (C=O) groups is 1. The van der Waals surface area contributed by atoms with Crippen LogP contribution in [0, 0.1) is 12.7 Å². The van der Waals surface area contributed by atoms with Gasteiger partial charge >= 0.3 is 0 Å². The summed E-state index contributed by atoms with van der Waals surface area (Å²) in [5, 5.41) is 11.9. The van der Waals surface area contributed by atoms with Crippen LogP contribution in [0.1, 0.15) is 15.9 Å². The molecule has 0 aliphatic rings. The van der Waals surface area contributed by atoms with E-state index in [0.29, 0.717) is 11.3 Å². The Morgan fingerprint density at radius 3 is 2.63 bits per heavy atom. The summed E-state index contributed by atoms with van der Waals surface area (Å²) in [6.07, 6.45) is 0. The Kier molecular flexibility index (Phi) is 3.71. The molecule has 3 nitrogen and oxygen atoms in total. The van der Waals surface area contributed by atoms with Crippen LogP contribution in [-0.2, 0) is 0 Å². The fourth-order valence-corrected chi connectivity index (χ4v) is 1.74. The molecule has 98 valence electrons. The number of hydrogen-bond donors (Lipinski definition) is 2. The average Bonchev–Trinajstić information content (AvgIpc) is 2.36. The lowest BCUT2D eigenvalue weighted by molar-refractivity contribution is 0.102. The van der Waals surface area contributed by atoms with Gasteiger partial charge in [0.05, 0.1) is 5.02 Å². The molecule has 2 aromatic rings. The number of aromatic hydroxyl groups is 1. The first-order valence-electron chi connectivity index (χ1n) is 5.53. The molecule has 0 aromatic heterocycles. The molecule has 5 heteroatoms. The number of phenolic OH excluding ortho intramolecular Hbond substituents is 1. The van der Waals surface area contributed by atoms with E-state index >= 15 is 0 Å². The highest BCUT2D eigenvalue weighted by Gasteiger charge is 2.10. The second-order valence-electron chi connectivity index (χ2n) is 4.08. The first kappa shape index (κ1) is 13.4. The SMILES string of the molecule is Cc1cc(O)ccc1NC(=O)c1ccc(Cl)c(F)c1. The van der Waals surface area contributed by atoms with Crippen molar-refractivity contribution in [2.24, 2.45) is 0 Å². The van der Waals surface area contributed by atoms with Crippen LogP contribution in [0.2, 0.25) is 5.02 Å². The smallest absolute Gasteiger partial charge is 0.255 e. The molecular weight excluding hydrogens is 269 g/mol. The van der Waals surface area contributed by atoms with Crippen molar-refractivity contribution in [1.29, 1.82) is 0 Å². The van der Waals surface area contributed by atoms with E-state index in [1.165, 1.54) is 24.3 Å². The third kappa shape index (κ3) is 3.03. The third-order valence-electron chi connectivity index (χ3n) is 2.64. The molecule has 0 aliphatic carbocycles. The zero-order valence-corrected chi connectivity index (χ0v) is 10.8. The fraction of sp³-hybridized carbons (Fsp3) is 0.0714. The summed E-state index contributed by atoms with van der Waals surface area (Å²) in [6, 6.07) is 8.41. The number of benzene rings is 2. The highest BCUT2D eigenvalue weighted by molar-refractivity contribution is 6.30. The first-order valence-corrected chi connectivity index (χ1v) is 5.91. The molecule has 0 saturated heterocycles. The average molecular weight is 280 g/mol. The molecular formula is C14H11ClFNO2. The van der Waals surface area contributed by atoms with Crippen LogP contribution in [0.4, 0.5) is 10.1 Å². The number of aryl methyl sites for hydroxylation is 1. The number of carbonyl (C=O) groups excluding carboxylic acids is 1. The molecule has 0 unspecified atom stereocenters. The summed E-state index contributed by atoms with van der Waals surface area (Å²) in [7, 11) is 0. The molecule has 0 heterocycles. The molecule has 0 radical (unpaired) electrons. The maximum atomic E-state index is 13.3. The summed E-state index contributed by atoms with van der Waals surface area (Å²) in [4.78, 5) is 11.9. The van der Waals surface area contributed by atoms with Crippen molar-refractivity contribution in [3.8, 4) is 5.75 Å². The van der Waals surface area contributed by atoms with Crippen molar-refractivity contribution in [1.82, 2.24) is 0 Å². The Labute approximate surface area is 114 Å². The Hall–Kier alpha value is -2.07. The molecule has 0 spiro atoms. The molecule has 2 N–H and O–H groups in total. The second kappa shape index (κ2) is 5.28.